The van der Waals surface area contributed by atoms with E-state index in [9.17, 15) is 0 Å². The van der Waals surface area contributed by atoms with E-state index in [4.69, 9.17) is 0 Å². The van der Waals surface area contributed by atoms with Gasteiger partial charge in [-0.25, -0.2) is 0 Å². The van der Waals surface area contributed by atoms with Gasteiger partial charge in [-0.15, -0.1) is 0 Å². The Morgan fingerprint density at radius 1 is 1.50 bits per heavy atom. The van der Waals surface area contributed by atoms with Crippen LogP contribution in [0.5, 0.6) is 0 Å². The number of aromatic nitrogens is 2. The summed E-state index contributed by atoms with van der Waals surface area (Å²) in [5.74, 6) is 0.637. The van der Waals surface area contributed by atoms with Crippen LogP contribution >= 0.6 is 15.9 Å². The van der Waals surface area contributed by atoms with Crippen molar-refractivity contribution in [2.75, 3.05) is 5.33 Å². The van der Waals surface area contributed by atoms with Gasteiger partial charge in [-0.05, 0) is 18.4 Å². The molecular weight excluding hydrogens is 266 g/mol. The molecule has 92 valence electrons. The standard InChI is InChI=1S/C12H22BrN3/c1-5-10-6-11(16(4)15-10)8-14-12(7-13)9(2)3/h6,9,12,14H,5,7-8H2,1-4H3. The Bertz CT molecular complexity index is 320. The van der Waals surface area contributed by atoms with Gasteiger partial charge < -0.3 is 5.32 Å². The lowest BCUT2D eigenvalue weighted by Gasteiger charge is -2.19. The zero-order valence-corrected chi connectivity index (χ0v) is 12.2. The Morgan fingerprint density at radius 3 is 2.62 bits per heavy atom. The number of rotatable bonds is 6. The maximum Gasteiger partial charge on any atom is 0.0625 e. The first-order chi connectivity index (χ1) is 7.58. The smallest absolute Gasteiger partial charge is 0.0625 e. The predicted octanol–water partition coefficient (Wildman–Crippen LogP) is 2.49. The Balaban J connectivity index is 2.56. The molecule has 1 aromatic rings. The molecule has 1 rings (SSSR count). The molecule has 0 bridgehead atoms. The lowest BCUT2D eigenvalue weighted by molar-refractivity contribution is 0.427. The molecule has 1 aromatic heterocycles. The number of nitrogens with zero attached hydrogens (tertiary/aromatic N) is 2. The van der Waals surface area contributed by atoms with Gasteiger partial charge in [-0.2, -0.15) is 5.10 Å². The fraction of sp³-hybridized carbons (Fsp3) is 0.750. The van der Waals surface area contributed by atoms with Crippen LogP contribution in [0.3, 0.4) is 0 Å². The van der Waals surface area contributed by atoms with Crippen LogP contribution in [-0.2, 0) is 20.0 Å². The zero-order valence-electron chi connectivity index (χ0n) is 10.6. The van der Waals surface area contributed by atoms with E-state index in [2.05, 4.69) is 53.2 Å². The maximum atomic E-state index is 4.44. The lowest BCUT2D eigenvalue weighted by atomic mass is 10.1. The van der Waals surface area contributed by atoms with Gasteiger partial charge >= 0.3 is 0 Å². The molecule has 0 aromatic carbocycles. The highest BCUT2D eigenvalue weighted by Gasteiger charge is 2.12. The molecule has 0 radical (unpaired) electrons. The second-order valence-electron chi connectivity index (χ2n) is 4.49. The monoisotopic (exact) mass is 287 g/mol. The normalized spacial score (nSPS) is 13.4. The Hall–Kier alpha value is -0.350. The topological polar surface area (TPSA) is 29.9 Å². The number of aryl methyl sites for hydroxylation is 2. The van der Waals surface area contributed by atoms with Crippen LogP contribution < -0.4 is 5.32 Å². The molecule has 1 heterocycles. The highest BCUT2D eigenvalue weighted by molar-refractivity contribution is 9.09. The molecule has 3 nitrogen and oxygen atoms in total. The summed E-state index contributed by atoms with van der Waals surface area (Å²) in [7, 11) is 2.01. The molecule has 0 saturated heterocycles. The van der Waals surface area contributed by atoms with Crippen molar-refractivity contribution in [3.05, 3.63) is 17.5 Å². The molecule has 0 saturated carbocycles. The minimum absolute atomic E-state index is 0.514. The minimum atomic E-state index is 0.514. The number of alkyl halides is 1. The van der Waals surface area contributed by atoms with Crippen LogP contribution in [0.1, 0.15) is 32.2 Å². The third-order valence-corrected chi connectivity index (χ3v) is 3.60. The van der Waals surface area contributed by atoms with Gasteiger partial charge in [0, 0.05) is 25.0 Å². The van der Waals surface area contributed by atoms with Crippen molar-refractivity contribution in [3.63, 3.8) is 0 Å². The maximum absolute atomic E-state index is 4.44. The van der Waals surface area contributed by atoms with E-state index in [-0.39, 0.29) is 0 Å². The van der Waals surface area contributed by atoms with E-state index in [0.717, 1.165) is 18.3 Å². The van der Waals surface area contributed by atoms with Gasteiger partial charge in [0.15, 0.2) is 0 Å². The van der Waals surface area contributed by atoms with E-state index in [0.29, 0.717) is 12.0 Å². The third kappa shape index (κ3) is 3.59. The number of nitrogens with one attached hydrogen (secondary N) is 1. The van der Waals surface area contributed by atoms with Crippen molar-refractivity contribution in [3.8, 4) is 0 Å². The molecule has 0 spiro atoms. The summed E-state index contributed by atoms with van der Waals surface area (Å²) in [6, 6.07) is 2.69. The average molecular weight is 288 g/mol. The van der Waals surface area contributed by atoms with Crippen molar-refractivity contribution >= 4 is 15.9 Å². The predicted molar refractivity (Wildman–Crippen MR) is 71.8 cm³/mol. The van der Waals surface area contributed by atoms with Gasteiger partial charge in [-0.1, -0.05) is 36.7 Å². The van der Waals surface area contributed by atoms with Crippen LogP contribution in [0.25, 0.3) is 0 Å². The summed E-state index contributed by atoms with van der Waals surface area (Å²) < 4.78 is 1.97. The van der Waals surface area contributed by atoms with Gasteiger partial charge in [0.05, 0.1) is 11.4 Å². The van der Waals surface area contributed by atoms with Crippen molar-refractivity contribution in [2.24, 2.45) is 13.0 Å². The van der Waals surface area contributed by atoms with E-state index >= 15 is 0 Å². The van der Waals surface area contributed by atoms with Gasteiger partial charge in [0.25, 0.3) is 0 Å². The quantitative estimate of drug-likeness (QED) is 0.815. The van der Waals surface area contributed by atoms with E-state index < -0.39 is 0 Å². The number of hydrogen-bond donors (Lipinski definition) is 1. The third-order valence-electron chi connectivity index (χ3n) is 2.91. The first-order valence-corrected chi connectivity index (χ1v) is 7.01. The molecule has 0 aliphatic heterocycles. The van der Waals surface area contributed by atoms with Crippen LogP contribution in [0.15, 0.2) is 6.07 Å². The Kier molecular flexibility index (Phi) is 5.49. The Morgan fingerprint density at radius 2 is 2.19 bits per heavy atom. The SMILES string of the molecule is CCc1cc(CNC(CBr)C(C)C)n(C)n1. The first-order valence-electron chi connectivity index (χ1n) is 5.89. The fourth-order valence-electron chi connectivity index (χ4n) is 1.61. The fourth-order valence-corrected chi connectivity index (χ4v) is 2.59. The summed E-state index contributed by atoms with van der Waals surface area (Å²) in [5, 5.41) is 8.99. The van der Waals surface area contributed by atoms with E-state index in [1.54, 1.807) is 0 Å². The molecule has 0 amide bonds. The summed E-state index contributed by atoms with van der Waals surface area (Å²) >= 11 is 3.54. The number of halogens is 1. The average Bonchev–Trinajstić information content (AvgIpc) is 2.60. The van der Waals surface area contributed by atoms with E-state index in [1.807, 2.05) is 11.7 Å². The van der Waals surface area contributed by atoms with Crippen LogP contribution in [0.2, 0.25) is 0 Å². The largest absolute Gasteiger partial charge is 0.307 e. The second-order valence-corrected chi connectivity index (χ2v) is 5.14. The summed E-state index contributed by atoms with van der Waals surface area (Å²) in [4.78, 5) is 0. The van der Waals surface area contributed by atoms with Gasteiger partial charge in [0.1, 0.15) is 0 Å². The molecular formula is C12H22BrN3. The highest BCUT2D eigenvalue weighted by atomic mass is 79.9. The molecule has 0 fully saturated rings. The first kappa shape index (κ1) is 13.7. The van der Waals surface area contributed by atoms with Crippen LogP contribution in [0.4, 0.5) is 0 Å². The number of hydrogen-bond acceptors (Lipinski definition) is 2. The Labute approximate surface area is 107 Å². The van der Waals surface area contributed by atoms with E-state index in [1.165, 1.54) is 11.4 Å². The summed E-state index contributed by atoms with van der Waals surface area (Å²) in [6.07, 6.45) is 1.000. The van der Waals surface area contributed by atoms with Crippen molar-refractivity contribution < 1.29 is 0 Å². The molecule has 0 aliphatic carbocycles. The van der Waals surface area contributed by atoms with Crippen LogP contribution in [-0.4, -0.2) is 21.2 Å². The molecule has 1 atom stereocenters. The van der Waals surface area contributed by atoms with Crippen LogP contribution in [0, 0.1) is 5.92 Å². The molecule has 1 N–H and O–H groups in total. The minimum Gasteiger partial charge on any atom is -0.307 e. The van der Waals surface area contributed by atoms with Crippen molar-refractivity contribution in [2.45, 2.75) is 39.8 Å². The van der Waals surface area contributed by atoms with Crippen molar-refractivity contribution in [1.29, 1.82) is 0 Å². The molecule has 16 heavy (non-hydrogen) atoms. The summed E-state index contributed by atoms with van der Waals surface area (Å²) in [6.45, 7) is 7.49. The van der Waals surface area contributed by atoms with Gasteiger partial charge in [0.2, 0.25) is 0 Å². The highest BCUT2D eigenvalue weighted by Crippen LogP contribution is 2.08. The van der Waals surface area contributed by atoms with Gasteiger partial charge in [-0.3, -0.25) is 4.68 Å². The van der Waals surface area contributed by atoms with Crippen molar-refractivity contribution in [1.82, 2.24) is 15.1 Å². The zero-order chi connectivity index (χ0) is 12.1. The summed E-state index contributed by atoms with van der Waals surface area (Å²) in [5.41, 5.74) is 2.42. The second kappa shape index (κ2) is 6.40. The lowest BCUT2D eigenvalue weighted by Crippen LogP contribution is -2.35. The molecule has 1 unspecified atom stereocenters. The molecule has 4 heteroatoms. The molecule has 0 aliphatic rings.